The third-order valence-electron chi connectivity index (χ3n) is 4.98. The smallest absolute Gasteiger partial charge is 0.123 e. The maximum atomic E-state index is 6.24. The first-order chi connectivity index (χ1) is 10.4. The third-order valence-corrected chi connectivity index (χ3v) is 5.21. The van der Waals surface area contributed by atoms with Crippen molar-refractivity contribution in [2.45, 2.75) is 45.7 Å². The number of hydrogen-bond acceptors (Lipinski definition) is 3. The molecule has 1 aromatic carbocycles. The van der Waals surface area contributed by atoms with Gasteiger partial charge in [0.05, 0.1) is 6.61 Å². The molecule has 3 nitrogen and oxygen atoms in total. The molecule has 0 aromatic heterocycles. The SMILES string of the molecule is CC1(C)CN(Cc2cc(Cl)ccc2OCC2CC2)CCC1N.Cl. The molecule has 0 radical (unpaired) electrons. The molecule has 23 heavy (non-hydrogen) atoms. The van der Waals surface area contributed by atoms with Gasteiger partial charge >= 0.3 is 0 Å². The Hall–Kier alpha value is -0.480. The van der Waals surface area contributed by atoms with Crippen molar-refractivity contribution in [3.8, 4) is 5.75 Å². The van der Waals surface area contributed by atoms with E-state index in [0.29, 0.717) is 0 Å². The third kappa shape index (κ3) is 4.99. The average Bonchev–Trinajstić information content (AvgIpc) is 3.26. The average molecular weight is 359 g/mol. The van der Waals surface area contributed by atoms with Crippen LogP contribution in [0.3, 0.4) is 0 Å². The topological polar surface area (TPSA) is 38.5 Å². The first kappa shape index (κ1) is 18.9. The Balaban J connectivity index is 0.00000192. The van der Waals surface area contributed by atoms with Crippen molar-refractivity contribution < 1.29 is 4.74 Å². The van der Waals surface area contributed by atoms with Crippen molar-refractivity contribution in [2.24, 2.45) is 17.1 Å². The highest BCUT2D eigenvalue weighted by Gasteiger charge is 2.33. The van der Waals surface area contributed by atoms with Gasteiger partial charge in [-0.3, -0.25) is 4.90 Å². The van der Waals surface area contributed by atoms with Crippen LogP contribution >= 0.6 is 24.0 Å². The first-order valence-electron chi connectivity index (χ1n) is 8.33. The summed E-state index contributed by atoms with van der Waals surface area (Å²) in [7, 11) is 0. The van der Waals surface area contributed by atoms with Gasteiger partial charge in [0.25, 0.3) is 0 Å². The first-order valence-corrected chi connectivity index (χ1v) is 8.71. The highest BCUT2D eigenvalue weighted by molar-refractivity contribution is 6.30. The summed E-state index contributed by atoms with van der Waals surface area (Å²) in [4.78, 5) is 2.47. The van der Waals surface area contributed by atoms with Gasteiger partial charge in [-0.25, -0.2) is 0 Å². The second-order valence-corrected chi connectivity index (χ2v) is 8.04. The summed E-state index contributed by atoms with van der Waals surface area (Å²) in [5, 5.41) is 0.779. The van der Waals surface area contributed by atoms with Crippen molar-refractivity contribution in [1.82, 2.24) is 4.90 Å². The Morgan fingerprint density at radius 2 is 2.04 bits per heavy atom. The number of nitrogens with zero attached hydrogens (tertiary/aromatic N) is 1. The van der Waals surface area contributed by atoms with E-state index in [1.807, 2.05) is 18.2 Å². The minimum atomic E-state index is 0. The molecular weight excluding hydrogens is 331 g/mol. The number of likely N-dealkylation sites (tertiary alicyclic amines) is 1. The highest BCUT2D eigenvalue weighted by atomic mass is 35.5. The van der Waals surface area contributed by atoms with E-state index in [-0.39, 0.29) is 23.9 Å². The maximum absolute atomic E-state index is 6.24. The summed E-state index contributed by atoms with van der Waals surface area (Å²) in [5.74, 6) is 1.75. The van der Waals surface area contributed by atoms with E-state index in [1.165, 1.54) is 18.4 Å². The quantitative estimate of drug-likeness (QED) is 0.860. The molecular formula is C18H28Cl2N2O. The lowest BCUT2D eigenvalue weighted by molar-refractivity contribution is 0.0889. The lowest BCUT2D eigenvalue weighted by Gasteiger charge is -2.42. The van der Waals surface area contributed by atoms with Gasteiger partial charge in [-0.15, -0.1) is 12.4 Å². The number of piperidine rings is 1. The normalized spacial score (nSPS) is 24.1. The van der Waals surface area contributed by atoms with Crippen LogP contribution in [0.25, 0.3) is 0 Å². The summed E-state index contributed by atoms with van der Waals surface area (Å²) in [6.45, 7) is 8.29. The number of halogens is 2. The minimum absolute atomic E-state index is 0. The molecule has 3 rings (SSSR count). The van der Waals surface area contributed by atoms with E-state index in [4.69, 9.17) is 22.1 Å². The Bertz CT molecular complexity index is 532. The molecule has 1 aliphatic heterocycles. The van der Waals surface area contributed by atoms with Gasteiger partial charge in [-0.1, -0.05) is 25.4 Å². The Morgan fingerprint density at radius 3 is 2.70 bits per heavy atom. The summed E-state index contributed by atoms with van der Waals surface area (Å²) in [6.07, 6.45) is 3.66. The Kier molecular flexibility index (Phi) is 6.23. The fraction of sp³-hybridized carbons (Fsp3) is 0.667. The molecule has 1 aromatic rings. The van der Waals surface area contributed by atoms with Crippen molar-refractivity contribution in [3.05, 3.63) is 28.8 Å². The molecule has 0 spiro atoms. The molecule has 5 heteroatoms. The standard InChI is InChI=1S/C18H27ClN2O.ClH/c1-18(2)12-21(8-7-17(18)20)10-14-9-15(19)5-6-16(14)22-11-13-3-4-13;/h5-6,9,13,17H,3-4,7-8,10-12,20H2,1-2H3;1H. The van der Waals surface area contributed by atoms with Gasteiger partial charge in [0, 0.05) is 36.3 Å². The molecule has 1 atom stereocenters. The van der Waals surface area contributed by atoms with Gasteiger partial charge in [0.15, 0.2) is 0 Å². The number of hydrogen-bond donors (Lipinski definition) is 1. The van der Waals surface area contributed by atoms with Crippen molar-refractivity contribution in [1.29, 1.82) is 0 Å². The van der Waals surface area contributed by atoms with Crippen LogP contribution in [0.5, 0.6) is 5.75 Å². The van der Waals surface area contributed by atoms with Crippen LogP contribution in [0, 0.1) is 11.3 Å². The van der Waals surface area contributed by atoms with Crippen LogP contribution in [-0.4, -0.2) is 30.6 Å². The fourth-order valence-corrected chi connectivity index (χ4v) is 3.36. The lowest BCUT2D eigenvalue weighted by Crippen LogP contribution is -2.52. The lowest BCUT2D eigenvalue weighted by atomic mass is 9.79. The number of ether oxygens (including phenoxy) is 1. The highest BCUT2D eigenvalue weighted by Crippen LogP contribution is 2.33. The van der Waals surface area contributed by atoms with Crippen molar-refractivity contribution in [2.75, 3.05) is 19.7 Å². The molecule has 2 fully saturated rings. The van der Waals surface area contributed by atoms with E-state index in [9.17, 15) is 0 Å². The maximum Gasteiger partial charge on any atom is 0.123 e. The predicted octanol–water partition coefficient (Wildman–Crippen LogP) is 4.11. The second-order valence-electron chi connectivity index (χ2n) is 7.60. The number of benzene rings is 1. The van der Waals surface area contributed by atoms with Crippen LogP contribution in [0.4, 0.5) is 0 Å². The van der Waals surface area contributed by atoms with Gasteiger partial charge in [0.1, 0.15) is 5.75 Å². The van der Waals surface area contributed by atoms with E-state index >= 15 is 0 Å². The van der Waals surface area contributed by atoms with Gasteiger partial charge in [-0.2, -0.15) is 0 Å². The zero-order valence-corrected chi connectivity index (χ0v) is 15.6. The van der Waals surface area contributed by atoms with Crippen LogP contribution in [-0.2, 0) is 6.54 Å². The second kappa shape index (κ2) is 7.60. The van der Waals surface area contributed by atoms with Crippen molar-refractivity contribution >= 4 is 24.0 Å². The molecule has 1 aliphatic carbocycles. The number of rotatable bonds is 5. The minimum Gasteiger partial charge on any atom is -0.493 e. The van der Waals surface area contributed by atoms with Gasteiger partial charge in [-0.05, 0) is 48.8 Å². The Labute approximate surface area is 150 Å². The van der Waals surface area contributed by atoms with Crippen LogP contribution in [0.1, 0.15) is 38.7 Å². The molecule has 2 aliphatic rings. The van der Waals surface area contributed by atoms with Gasteiger partial charge in [0.2, 0.25) is 0 Å². The van der Waals surface area contributed by atoms with E-state index < -0.39 is 0 Å². The molecule has 2 N–H and O–H groups in total. The largest absolute Gasteiger partial charge is 0.493 e. The summed E-state index contributed by atoms with van der Waals surface area (Å²) in [6, 6.07) is 6.27. The van der Waals surface area contributed by atoms with Gasteiger partial charge < -0.3 is 10.5 Å². The van der Waals surface area contributed by atoms with Crippen LogP contribution < -0.4 is 10.5 Å². The molecule has 1 saturated heterocycles. The van der Waals surface area contributed by atoms with E-state index in [2.05, 4.69) is 18.7 Å². The van der Waals surface area contributed by atoms with Crippen LogP contribution in [0.15, 0.2) is 18.2 Å². The monoisotopic (exact) mass is 358 g/mol. The number of nitrogens with two attached hydrogens (primary N) is 1. The Morgan fingerprint density at radius 1 is 1.30 bits per heavy atom. The molecule has 130 valence electrons. The van der Waals surface area contributed by atoms with Crippen LogP contribution in [0.2, 0.25) is 5.02 Å². The molecule has 0 amide bonds. The summed E-state index contributed by atoms with van der Waals surface area (Å²) >= 11 is 6.19. The van der Waals surface area contributed by atoms with Crippen molar-refractivity contribution in [3.63, 3.8) is 0 Å². The zero-order valence-electron chi connectivity index (χ0n) is 14.1. The molecule has 1 saturated carbocycles. The predicted molar refractivity (Wildman–Crippen MR) is 98.6 cm³/mol. The molecule has 0 bridgehead atoms. The molecule has 1 unspecified atom stereocenters. The van der Waals surface area contributed by atoms with E-state index in [0.717, 1.165) is 49.4 Å². The fourth-order valence-electron chi connectivity index (χ4n) is 3.17. The summed E-state index contributed by atoms with van der Waals surface area (Å²) < 4.78 is 6.02. The summed E-state index contributed by atoms with van der Waals surface area (Å²) in [5.41, 5.74) is 7.59. The molecule has 1 heterocycles. The van der Waals surface area contributed by atoms with E-state index in [1.54, 1.807) is 0 Å². The zero-order chi connectivity index (χ0) is 15.7.